The highest BCUT2D eigenvalue weighted by Gasteiger charge is 2.18. The van der Waals surface area contributed by atoms with Gasteiger partial charge in [0.25, 0.3) is 0 Å². The Morgan fingerprint density at radius 2 is 0.700 bits per heavy atom. The second-order valence-electron chi connectivity index (χ2n) is 13.0. The maximum atomic E-state index is 2.47. The van der Waals surface area contributed by atoms with Crippen molar-refractivity contribution in [1.29, 1.82) is 0 Å². The van der Waals surface area contributed by atoms with Gasteiger partial charge in [0.05, 0.1) is 27.8 Å². The summed E-state index contributed by atoms with van der Waals surface area (Å²) >= 11 is 0. The first-order chi connectivity index (χ1) is 24.8. The summed E-state index contributed by atoms with van der Waals surface area (Å²) in [6.07, 6.45) is 0. The fourth-order valence-corrected chi connectivity index (χ4v) is 7.80. The maximum Gasteiger partial charge on any atom is 0.0547 e. The smallest absolute Gasteiger partial charge is 0.0547 e. The number of aromatic nitrogens is 2. The molecule has 0 aliphatic rings. The zero-order valence-corrected chi connectivity index (χ0v) is 27.4. The van der Waals surface area contributed by atoms with Gasteiger partial charge in [-0.1, -0.05) is 152 Å². The Kier molecular flexibility index (Phi) is 6.53. The third-order valence-electron chi connectivity index (χ3n) is 10.1. The van der Waals surface area contributed by atoms with Crippen LogP contribution in [0.2, 0.25) is 0 Å². The Morgan fingerprint density at radius 3 is 1.32 bits per heavy atom. The lowest BCUT2D eigenvalue weighted by Gasteiger charge is -2.17. The number of hydrogen-bond donors (Lipinski definition) is 0. The van der Waals surface area contributed by atoms with Crippen molar-refractivity contribution < 1.29 is 0 Å². The second kappa shape index (κ2) is 11.5. The van der Waals surface area contributed by atoms with Crippen molar-refractivity contribution in [3.63, 3.8) is 0 Å². The molecule has 0 spiro atoms. The van der Waals surface area contributed by atoms with Crippen LogP contribution in [0, 0.1) is 0 Å². The molecule has 0 atom stereocenters. The van der Waals surface area contributed by atoms with Gasteiger partial charge in [-0.2, -0.15) is 0 Å². The van der Waals surface area contributed by atoms with E-state index in [2.05, 4.69) is 203 Å². The number of rotatable bonds is 5. The first kappa shape index (κ1) is 28.4. The van der Waals surface area contributed by atoms with E-state index in [1.165, 1.54) is 82.7 Å². The predicted molar refractivity (Wildman–Crippen MR) is 211 cm³/mol. The summed E-state index contributed by atoms with van der Waals surface area (Å²) in [5, 5.41) is 5.01. The molecule has 0 saturated heterocycles. The average Bonchev–Trinajstić information content (AvgIpc) is 3.71. The monoisotopic (exact) mass is 636 g/mol. The van der Waals surface area contributed by atoms with Gasteiger partial charge in [0.2, 0.25) is 0 Å². The van der Waals surface area contributed by atoms with Crippen molar-refractivity contribution in [3.8, 4) is 44.8 Å². The molecule has 0 radical (unpaired) electrons. The molecular formula is C48H32N2. The Balaban J connectivity index is 1.24. The van der Waals surface area contributed by atoms with Gasteiger partial charge in [-0.3, -0.25) is 0 Å². The fraction of sp³-hybridized carbons (Fsp3) is 0. The number of hydrogen-bond acceptors (Lipinski definition) is 0. The van der Waals surface area contributed by atoms with Crippen molar-refractivity contribution in [2.24, 2.45) is 0 Å². The molecule has 0 amide bonds. The van der Waals surface area contributed by atoms with Crippen LogP contribution in [0.1, 0.15) is 0 Å². The summed E-state index contributed by atoms with van der Waals surface area (Å²) in [5.41, 5.74) is 14.3. The Labute approximate surface area is 290 Å². The molecule has 0 bridgehead atoms. The highest BCUT2D eigenvalue weighted by molar-refractivity contribution is 6.12. The molecule has 0 saturated carbocycles. The van der Waals surface area contributed by atoms with Crippen LogP contribution in [0.5, 0.6) is 0 Å². The molecule has 10 rings (SSSR count). The third kappa shape index (κ3) is 4.50. The fourth-order valence-electron chi connectivity index (χ4n) is 7.80. The molecule has 8 aromatic carbocycles. The molecule has 0 unspecified atom stereocenters. The van der Waals surface area contributed by atoms with E-state index in [1.807, 2.05) is 0 Å². The third-order valence-corrected chi connectivity index (χ3v) is 10.1. The maximum absolute atomic E-state index is 2.47. The quantitative estimate of drug-likeness (QED) is 0.178. The molecule has 0 N–H and O–H groups in total. The number of nitrogens with zero attached hydrogens (tertiary/aromatic N) is 2. The van der Waals surface area contributed by atoms with Crippen LogP contribution < -0.4 is 0 Å². The van der Waals surface area contributed by atoms with Gasteiger partial charge in [0.15, 0.2) is 0 Å². The zero-order valence-electron chi connectivity index (χ0n) is 27.4. The van der Waals surface area contributed by atoms with Gasteiger partial charge >= 0.3 is 0 Å². The van der Waals surface area contributed by atoms with Crippen LogP contribution >= 0.6 is 0 Å². The van der Waals surface area contributed by atoms with E-state index in [9.17, 15) is 0 Å². The minimum absolute atomic E-state index is 1.16. The molecule has 50 heavy (non-hydrogen) atoms. The summed E-state index contributed by atoms with van der Waals surface area (Å²) < 4.78 is 4.87. The van der Waals surface area contributed by atoms with Crippen molar-refractivity contribution >= 4 is 43.6 Å². The van der Waals surface area contributed by atoms with Crippen molar-refractivity contribution in [2.45, 2.75) is 0 Å². The van der Waals surface area contributed by atoms with Crippen LogP contribution in [0.15, 0.2) is 194 Å². The number of para-hydroxylation sites is 3. The topological polar surface area (TPSA) is 9.86 Å². The molecule has 2 heteroatoms. The summed E-state index contributed by atoms with van der Waals surface area (Å²) in [6.45, 7) is 0. The lowest BCUT2D eigenvalue weighted by atomic mass is 9.97. The van der Waals surface area contributed by atoms with Crippen LogP contribution in [0.4, 0.5) is 0 Å². The highest BCUT2D eigenvalue weighted by Crippen LogP contribution is 2.41. The molecule has 0 fully saturated rings. The van der Waals surface area contributed by atoms with Gasteiger partial charge in [-0.15, -0.1) is 0 Å². The lowest BCUT2D eigenvalue weighted by molar-refractivity contribution is 1.18. The number of benzene rings is 8. The summed E-state index contributed by atoms with van der Waals surface area (Å²) in [5.74, 6) is 0. The van der Waals surface area contributed by atoms with Gasteiger partial charge in [-0.25, -0.2) is 0 Å². The second-order valence-corrected chi connectivity index (χ2v) is 13.0. The van der Waals surface area contributed by atoms with Crippen molar-refractivity contribution in [3.05, 3.63) is 194 Å². The molecule has 0 aliphatic heterocycles. The van der Waals surface area contributed by atoms with E-state index in [0.717, 1.165) is 5.69 Å². The van der Waals surface area contributed by atoms with E-state index < -0.39 is 0 Å². The zero-order chi connectivity index (χ0) is 33.0. The van der Waals surface area contributed by atoms with Crippen LogP contribution in [-0.2, 0) is 0 Å². The largest absolute Gasteiger partial charge is 0.309 e. The molecule has 10 aromatic rings. The van der Waals surface area contributed by atoms with E-state index in [4.69, 9.17) is 0 Å². The van der Waals surface area contributed by atoms with Gasteiger partial charge in [-0.05, 0) is 70.3 Å². The number of fused-ring (bicyclic) bond motifs is 6. The van der Waals surface area contributed by atoms with E-state index in [1.54, 1.807) is 0 Å². The van der Waals surface area contributed by atoms with Crippen LogP contribution in [-0.4, -0.2) is 9.13 Å². The predicted octanol–water partition coefficient (Wildman–Crippen LogP) is 12.9. The minimum atomic E-state index is 1.16. The summed E-state index contributed by atoms with van der Waals surface area (Å²) in [4.78, 5) is 0. The van der Waals surface area contributed by atoms with Crippen LogP contribution in [0.25, 0.3) is 88.4 Å². The van der Waals surface area contributed by atoms with Crippen molar-refractivity contribution in [1.82, 2.24) is 9.13 Å². The Hall–Kier alpha value is -6.64. The van der Waals surface area contributed by atoms with E-state index >= 15 is 0 Å². The molecule has 2 nitrogen and oxygen atoms in total. The first-order valence-electron chi connectivity index (χ1n) is 17.2. The molecule has 234 valence electrons. The molecule has 2 heterocycles. The standard InChI is InChI=1S/C48H32N2/c1-4-14-33(15-5-1)35-24-27-39(34-16-6-2-7-17-34)46(30-35)50-45-23-13-11-21-41(45)43-29-26-37(32-48(43)50)36-25-28-42-40-20-10-12-22-44(40)49(47(42)31-36)38-18-8-3-9-19-38/h1-32H. The molecule has 2 aromatic heterocycles. The minimum Gasteiger partial charge on any atom is -0.309 e. The highest BCUT2D eigenvalue weighted by atomic mass is 15.0. The van der Waals surface area contributed by atoms with Gasteiger partial charge < -0.3 is 9.13 Å². The summed E-state index contributed by atoms with van der Waals surface area (Å²) in [7, 11) is 0. The lowest BCUT2D eigenvalue weighted by Crippen LogP contribution is -1.98. The Bertz CT molecular complexity index is 2840. The van der Waals surface area contributed by atoms with E-state index in [0.29, 0.717) is 0 Å². The summed E-state index contributed by atoms with van der Waals surface area (Å²) in [6, 6.07) is 70.5. The average molecular weight is 637 g/mol. The van der Waals surface area contributed by atoms with Gasteiger partial charge in [0, 0.05) is 32.8 Å². The van der Waals surface area contributed by atoms with Crippen LogP contribution in [0.3, 0.4) is 0 Å². The Morgan fingerprint density at radius 1 is 0.260 bits per heavy atom. The SMILES string of the molecule is c1ccc(-c2ccc(-c3ccccc3)c(-n3c4ccccc4c4ccc(-c5ccc6c7ccccc7n(-c7ccccc7)c6c5)cc43)c2)cc1. The first-order valence-corrected chi connectivity index (χ1v) is 17.2. The van der Waals surface area contributed by atoms with E-state index in [-0.39, 0.29) is 0 Å². The van der Waals surface area contributed by atoms with Gasteiger partial charge in [0.1, 0.15) is 0 Å². The molecular weight excluding hydrogens is 605 g/mol. The normalized spacial score (nSPS) is 11.6. The van der Waals surface area contributed by atoms with Crippen molar-refractivity contribution in [2.75, 3.05) is 0 Å². The molecule has 0 aliphatic carbocycles.